The zero-order valence-corrected chi connectivity index (χ0v) is 20.7. The van der Waals surface area contributed by atoms with Gasteiger partial charge in [0.15, 0.2) is 17.6 Å². The minimum Gasteiger partial charge on any atom is -0.490 e. The summed E-state index contributed by atoms with van der Waals surface area (Å²) >= 11 is 0. The molecule has 1 amide bonds. The molecule has 2 saturated heterocycles. The molecule has 3 heterocycles. The maximum atomic E-state index is 13.2. The van der Waals surface area contributed by atoms with Gasteiger partial charge in [-0.25, -0.2) is 8.42 Å². The van der Waals surface area contributed by atoms with E-state index in [2.05, 4.69) is 6.92 Å². The number of likely N-dealkylation sites (tertiary alicyclic amines) is 1. The summed E-state index contributed by atoms with van der Waals surface area (Å²) in [6.45, 7) is 6.60. The number of piperidine rings is 2. The summed E-state index contributed by atoms with van der Waals surface area (Å²) in [5.41, 5.74) is 0. The second kappa shape index (κ2) is 10.5. The summed E-state index contributed by atoms with van der Waals surface area (Å²) in [4.78, 5) is 27.2. The molecule has 0 saturated carbocycles. The molecule has 0 aliphatic carbocycles. The van der Waals surface area contributed by atoms with Gasteiger partial charge in [0.2, 0.25) is 10.0 Å². The van der Waals surface area contributed by atoms with E-state index in [1.807, 2.05) is 0 Å². The highest BCUT2D eigenvalue weighted by Crippen LogP contribution is 2.34. The molecule has 1 aromatic rings. The van der Waals surface area contributed by atoms with E-state index < -0.39 is 28.0 Å². The maximum absolute atomic E-state index is 13.2. The first kappa shape index (κ1) is 24.8. The molecule has 4 rings (SSSR count). The van der Waals surface area contributed by atoms with Crippen molar-refractivity contribution in [1.29, 1.82) is 0 Å². The number of amides is 1. The van der Waals surface area contributed by atoms with Gasteiger partial charge in [-0.2, -0.15) is 4.31 Å². The van der Waals surface area contributed by atoms with Gasteiger partial charge in [0.05, 0.1) is 24.0 Å². The number of hydrogen-bond acceptors (Lipinski definition) is 7. The summed E-state index contributed by atoms with van der Waals surface area (Å²) in [5.74, 6) is 0.565. The van der Waals surface area contributed by atoms with Crippen molar-refractivity contribution in [2.75, 3.05) is 39.4 Å². The lowest BCUT2D eigenvalue weighted by atomic mass is 9.98. The van der Waals surface area contributed by atoms with Crippen LogP contribution >= 0.6 is 0 Å². The highest BCUT2D eigenvalue weighted by molar-refractivity contribution is 7.89. The lowest BCUT2D eigenvalue weighted by molar-refractivity contribution is -0.164. The van der Waals surface area contributed by atoms with Gasteiger partial charge in [-0.05, 0) is 50.7 Å². The van der Waals surface area contributed by atoms with Crippen molar-refractivity contribution >= 4 is 21.9 Å². The zero-order chi connectivity index (χ0) is 24.3. The summed E-state index contributed by atoms with van der Waals surface area (Å²) in [6, 6.07) is 4.65. The van der Waals surface area contributed by atoms with Crippen molar-refractivity contribution in [3.05, 3.63) is 18.2 Å². The van der Waals surface area contributed by atoms with Gasteiger partial charge < -0.3 is 19.1 Å². The Balaban J connectivity index is 1.31. The molecule has 2 fully saturated rings. The maximum Gasteiger partial charge on any atom is 0.309 e. The molecule has 188 valence electrons. The normalized spacial score (nSPS) is 21.5. The fourth-order valence-corrected chi connectivity index (χ4v) is 6.08. The Hall–Kier alpha value is -2.33. The fourth-order valence-electron chi connectivity index (χ4n) is 4.59. The van der Waals surface area contributed by atoms with E-state index in [-0.39, 0.29) is 23.9 Å². The van der Waals surface area contributed by atoms with Crippen molar-refractivity contribution in [3.63, 3.8) is 0 Å². The van der Waals surface area contributed by atoms with Crippen molar-refractivity contribution in [2.24, 2.45) is 11.8 Å². The molecule has 10 heteroatoms. The van der Waals surface area contributed by atoms with E-state index in [4.69, 9.17) is 14.2 Å². The summed E-state index contributed by atoms with van der Waals surface area (Å²) < 4.78 is 44.4. The summed E-state index contributed by atoms with van der Waals surface area (Å²) in [5, 5.41) is 0. The van der Waals surface area contributed by atoms with Crippen LogP contribution in [-0.4, -0.2) is 75.0 Å². The molecule has 0 aromatic heterocycles. The first-order chi connectivity index (χ1) is 16.3. The quantitative estimate of drug-likeness (QED) is 0.579. The first-order valence-corrected chi connectivity index (χ1v) is 13.6. The SMILES string of the molecule is CC1CCN(C(=O)[C@H](C)OC(=O)C2CCN(S(=O)(=O)c3ccc4c(c3)OCCCO4)CC2)CC1. The molecule has 0 radical (unpaired) electrons. The number of benzene rings is 1. The van der Waals surface area contributed by atoms with Crippen LogP contribution < -0.4 is 9.47 Å². The molecule has 3 aliphatic heterocycles. The van der Waals surface area contributed by atoms with Crippen LogP contribution in [0, 0.1) is 11.8 Å². The first-order valence-electron chi connectivity index (χ1n) is 12.1. The number of rotatable bonds is 5. The van der Waals surface area contributed by atoms with Crippen LogP contribution in [0.3, 0.4) is 0 Å². The molecule has 0 bridgehead atoms. The number of nitrogens with zero attached hydrogens (tertiary/aromatic N) is 2. The minimum atomic E-state index is -3.73. The molecular weight excluding hydrogens is 460 g/mol. The van der Waals surface area contributed by atoms with E-state index >= 15 is 0 Å². The van der Waals surface area contributed by atoms with Crippen molar-refractivity contribution in [1.82, 2.24) is 9.21 Å². The molecule has 34 heavy (non-hydrogen) atoms. The third kappa shape index (κ3) is 5.49. The number of esters is 1. The Morgan fingerprint density at radius 3 is 2.32 bits per heavy atom. The lowest BCUT2D eigenvalue weighted by Crippen LogP contribution is -2.45. The standard InChI is InChI=1S/C24H34N2O7S/c1-17-6-10-25(11-7-17)23(27)18(2)33-24(28)19-8-12-26(13-9-19)34(29,30)20-4-5-21-22(16-20)32-15-3-14-31-21/h4-5,16-19H,3,6-15H2,1-2H3/t18-/m0/s1. The Morgan fingerprint density at radius 2 is 1.65 bits per heavy atom. The highest BCUT2D eigenvalue weighted by atomic mass is 32.2. The molecule has 1 aromatic carbocycles. The Bertz CT molecular complexity index is 997. The number of ether oxygens (including phenoxy) is 3. The van der Waals surface area contributed by atoms with Gasteiger partial charge in [0, 0.05) is 38.7 Å². The zero-order valence-electron chi connectivity index (χ0n) is 19.9. The number of hydrogen-bond donors (Lipinski definition) is 0. The highest BCUT2D eigenvalue weighted by Gasteiger charge is 2.35. The van der Waals surface area contributed by atoms with E-state index in [0.29, 0.717) is 56.6 Å². The molecule has 0 spiro atoms. The minimum absolute atomic E-state index is 0.146. The predicted octanol–water partition coefficient (Wildman–Crippen LogP) is 2.44. The fraction of sp³-hybridized carbons (Fsp3) is 0.667. The van der Waals surface area contributed by atoms with Crippen LogP contribution in [0.4, 0.5) is 0 Å². The van der Waals surface area contributed by atoms with Gasteiger partial charge in [0.1, 0.15) is 0 Å². The van der Waals surface area contributed by atoms with E-state index in [0.717, 1.165) is 19.3 Å². The van der Waals surface area contributed by atoms with E-state index in [1.54, 1.807) is 17.9 Å². The van der Waals surface area contributed by atoms with E-state index in [9.17, 15) is 18.0 Å². The third-order valence-electron chi connectivity index (χ3n) is 6.88. The molecule has 0 unspecified atom stereocenters. The summed E-state index contributed by atoms with van der Waals surface area (Å²) in [7, 11) is -3.73. The van der Waals surface area contributed by atoms with Crippen LogP contribution in [0.25, 0.3) is 0 Å². The third-order valence-corrected chi connectivity index (χ3v) is 8.77. The van der Waals surface area contributed by atoms with Crippen LogP contribution in [0.15, 0.2) is 23.1 Å². The largest absolute Gasteiger partial charge is 0.490 e. The van der Waals surface area contributed by atoms with Crippen molar-refractivity contribution in [3.8, 4) is 11.5 Å². The number of fused-ring (bicyclic) bond motifs is 1. The van der Waals surface area contributed by atoms with Crippen LogP contribution in [0.1, 0.15) is 46.0 Å². The topological polar surface area (TPSA) is 102 Å². The second-order valence-electron chi connectivity index (χ2n) is 9.42. The smallest absolute Gasteiger partial charge is 0.309 e. The van der Waals surface area contributed by atoms with Crippen LogP contribution in [-0.2, 0) is 24.3 Å². The Morgan fingerprint density at radius 1 is 1.00 bits per heavy atom. The molecule has 0 N–H and O–H groups in total. The second-order valence-corrected chi connectivity index (χ2v) is 11.4. The van der Waals surface area contributed by atoms with Crippen LogP contribution in [0.5, 0.6) is 11.5 Å². The average Bonchev–Trinajstić information content (AvgIpc) is 3.09. The predicted molar refractivity (Wildman–Crippen MR) is 124 cm³/mol. The molecular formula is C24H34N2O7S. The van der Waals surface area contributed by atoms with Gasteiger partial charge in [-0.1, -0.05) is 6.92 Å². The molecule has 9 nitrogen and oxygen atoms in total. The average molecular weight is 495 g/mol. The number of sulfonamides is 1. The Kier molecular flexibility index (Phi) is 7.67. The monoisotopic (exact) mass is 494 g/mol. The van der Waals surface area contributed by atoms with Gasteiger partial charge in [-0.15, -0.1) is 0 Å². The van der Waals surface area contributed by atoms with Gasteiger partial charge in [-0.3, -0.25) is 9.59 Å². The number of carbonyl (C=O) groups excluding carboxylic acids is 2. The van der Waals surface area contributed by atoms with Gasteiger partial charge >= 0.3 is 5.97 Å². The van der Waals surface area contributed by atoms with E-state index in [1.165, 1.54) is 16.4 Å². The van der Waals surface area contributed by atoms with Gasteiger partial charge in [0.25, 0.3) is 5.91 Å². The molecule has 3 aliphatic rings. The molecule has 1 atom stereocenters. The summed E-state index contributed by atoms with van der Waals surface area (Å²) in [6.07, 6.45) is 2.53. The van der Waals surface area contributed by atoms with Crippen molar-refractivity contribution < 1.29 is 32.2 Å². The van der Waals surface area contributed by atoms with Crippen molar-refractivity contribution in [2.45, 2.75) is 57.0 Å². The number of carbonyl (C=O) groups is 2. The lowest BCUT2D eigenvalue weighted by Gasteiger charge is -2.33. The van der Waals surface area contributed by atoms with Crippen LogP contribution in [0.2, 0.25) is 0 Å². The Labute approximate surface area is 201 Å².